The second kappa shape index (κ2) is 7.34. The minimum absolute atomic E-state index is 0.145. The predicted molar refractivity (Wildman–Crippen MR) is 70.5 cm³/mol. The monoisotopic (exact) mass is 300 g/mol. The second-order valence-corrected chi connectivity index (χ2v) is 4.38. The average molecular weight is 301 g/mol. The lowest BCUT2D eigenvalue weighted by Gasteiger charge is -2.13. The molecule has 108 valence electrons. The summed E-state index contributed by atoms with van der Waals surface area (Å²) in [6, 6.07) is 4.52. The number of nitrogens with one attached hydrogen (secondary N) is 2. The summed E-state index contributed by atoms with van der Waals surface area (Å²) in [5, 5.41) is 22.3. The van der Waals surface area contributed by atoms with Crippen LogP contribution in [0.1, 0.15) is 12.0 Å². The maximum atomic E-state index is 11.5. The van der Waals surface area contributed by atoms with Crippen LogP contribution >= 0.6 is 11.6 Å². The van der Waals surface area contributed by atoms with Gasteiger partial charge in [-0.2, -0.15) is 0 Å². The summed E-state index contributed by atoms with van der Waals surface area (Å²) in [7, 11) is 0. The Morgan fingerprint density at radius 1 is 1.25 bits per heavy atom. The second-order valence-electron chi connectivity index (χ2n) is 3.95. The van der Waals surface area contributed by atoms with Crippen molar-refractivity contribution in [3.63, 3.8) is 0 Å². The Morgan fingerprint density at radius 3 is 2.50 bits per heavy atom. The Morgan fingerprint density at radius 2 is 1.95 bits per heavy atom. The molecule has 1 rings (SSSR count). The number of aliphatic carboxylic acids is 2. The van der Waals surface area contributed by atoms with Crippen LogP contribution in [-0.4, -0.2) is 34.2 Å². The lowest BCUT2D eigenvalue weighted by Crippen LogP contribution is -2.46. The maximum absolute atomic E-state index is 11.5. The molecular formula is C12H13ClN2O5. The van der Waals surface area contributed by atoms with E-state index in [-0.39, 0.29) is 6.54 Å². The highest BCUT2D eigenvalue weighted by Gasteiger charge is 2.22. The fraction of sp³-hybridized carbons (Fsp3) is 0.250. The van der Waals surface area contributed by atoms with Gasteiger partial charge in [0.2, 0.25) is 0 Å². The third-order valence-corrected chi connectivity index (χ3v) is 2.56. The van der Waals surface area contributed by atoms with Gasteiger partial charge in [0, 0.05) is 11.6 Å². The van der Waals surface area contributed by atoms with E-state index in [4.69, 9.17) is 21.8 Å². The molecule has 1 atom stereocenters. The molecule has 7 nitrogen and oxygen atoms in total. The van der Waals surface area contributed by atoms with Crippen molar-refractivity contribution >= 4 is 29.6 Å². The number of carbonyl (C=O) groups is 3. The summed E-state index contributed by atoms with van der Waals surface area (Å²) in [6.45, 7) is 0.145. The Hall–Kier alpha value is -2.28. The normalized spacial score (nSPS) is 11.4. The molecule has 1 aromatic carbocycles. The summed E-state index contributed by atoms with van der Waals surface area (Å²) in [5.74, 6) is -2.72. The number of hydrogen-bond donors (Lipinski definition) is 4. The first-order chi connectivity index (χ1) is 9.38. The van der Waals surface area contributed by atoms with Crippen molar-refractivity contribution in [3.05, 3.63) is 34.9 Å². The molecule has 0 unspecified atom stereocenters. The van der Waals surface area contributed by atoms with E-state index in [1.807, 2.05) is 0 Å². The third-order valence-electron chi connectivity index (χ3n) is 2.32. The molecule has 0 fully saturated rings. The molecule has 8 heteroatoms. The topological polar surface area (TPSA) is 116 Å². The molecule has 4 N–H and O–H groups in total. The Bertz CT molecular complexity index is 520. The summed E-state index contributed by atoms with van der Waals surface area (Å²) in [4.78, 5) is 32.7. The van der Waals surface area contributed by atoms with Gasteiger partial charge in [0.1, 0.15) is 6.04 Å². The van der Waals surface area contributed by atoms with Gasteiger partial charge in [0.25, 0.3) is 0 Å². The van der Waals surface area contributed by atoms with E-state index in [0.29, 0.717) is 5.02 Å². The Balaban J connectivity index is 2.49. The number of halogens is 1. The van der Waals surface area contributed by atoms with Crippen molar-refractivity contribution in [2.75, 3.05) is 0 Å². The standard InChI is InChI=1S/C12H13ClN2O5/c13-8-3-1-2-7(4-8)6-14-12(20)15-9(11(18)19)5-10(16)17/h1-4,9H,5-6H2,(H,16,17)(H,18,19)(H2,14,15,20)/t9-/m1/s1. The fourth-order valence-corrected chi connectivity index (χ4v) is 1.63. The predicted octanol–water partition coefficient (Wildman–Crippen LogP) is 1.07. The highest BCUT2D eigenvalue weighted by atomic mass is 35.5. The SMILES string of the molecule is O=C(O)C[C@@H](NC(=O)NCc1cccc(Cl)c1)C(=O)O. The van der Waals surface area contributed by atoms with Crippen LogP contribution in [0.4, 0.5) is 4.79 Å². The van der Waals surface area contributed by atoms with Crippen LogP contribution < -0.4 is 10.6 Å². The molecule has 0 radical (unpaired) electrons. The molecule has 0 aliphatic carbocycles. The van der Waals surface area contributed by atoms with E-state index < -0.39 is 30.4 Å². The van der Waals surface area contributed by atoms with Crippen molar-refractivity contribution in [2.24, 2.45) is 0 Å². The van der Waals surface area contributed by atoms with Crippen LogP contribution in [0, 0.1) is 0 Å². The molecule has 0 aromatic heterocycles. The number of benzene rings is 1. The highest BCUT2D eigenvalue weighted by molar-refractivity contribution is 6.30. The van der Waals surface area contributed by atoms with Crippen LogP contribution in [0.5, 0.6) is 0 Å². The van der Waals surface area contributed by atoms with E-state index in [2.05, 4.69) is 10.6 Å². The van der Waals surface area contributed by atoms with Gasteiger partial charge < -0.3 is 20.8 Å². The van der Waals surface area contributed by atoms with Crippen LogP contribution in [-0.2, 0) is 16.1 Å². The molecule has 0 aliphatic rings. The summed E-state index contributed by atoms with van der Waals surface area (Å²) in [5.41, 5.74) is 0.734. The number of urea groups is 1. The minimum atomic E-state index is -1.48. The third kappa shape index (κ3) is 5.57. The highest BCUT2D eigenvalue weighted by Crippen LogP contribution is 2.10. The van der Waals surface area contributed by atoms with Gasteiger partial charge in [-0.1, -0.05) is 23.7 Å². The van der Waals surface area contributed by atoms with Crippen LogP contribution in [0.25, 0.3) is 0 Å². The molecule has 0 saturated carbocycles. The van der Waals surface area contributed by atoms with Gasteiger partial charge in [-0.25, -0.2) is 9.59 Å². The molecule has 0 bridgehead atoms. The van der Waals surface area contributed by atoms with Crippen LogP contribution in [0.15, 0.2) is 24.3 Å². The van der Waals surface area contributed by atoms with Crippen molar-refractivity contribution < 1.29 is 24.6 Å². The smallest absolute Gasteiger partial charge is 0.326 e. The number of rotatable bonds is 6. The molecule has 0 saturated heterocycles. The lowest BCUT2D eigenvalue weighted by atomic mass is 10.2. The molecule has 2 amide bonds. The van der Waals surface area contributed by atoms with Crippen molar-refractivity contribution in [1.82, 2.24) is 10.6 Å². The quantitative estimate of drug-likeness (QED) is 0.627. The van der Waals surface area contributed by atoms with Gasteiger partial charge in [0.15, 0.2) is 0 Å². The zero-order chi connectivity index (χ0) is 15.1. The van der Waals surface area contributed by atoms with Gasteiger partial charge in [-0.05, 0) is 17.7 Å². The fourth-order valence-electron chi connectivity index (χ4n) is 1.41. The van der Waals surface area contributed by atoms with Gasteiger partial charge >= 0.3 is 18.0 Å². The van der Waals surface area contributed by atoms with Gasteiger partial charge in [-0.3, -0.25) is 4.79 Å². The van der Waals surface area contributed by atoms with Gasteiger partial charge in [-0.15, -0.1) is 0 Å². The van der Waals surface area contributed by atoms with Crippen molar-refractivity contribution in [2.45, 2.75) is 19.0 Å². The minimum Gasteiger partial charge on any atom is -0.481 e. The molecule has 0 spiro atoms. The van der Waals surface area contributed by atoms with E-state index in [1.165, 1.54) is 0 Å². The summed E-state index contributed by atoms with van der Waals surface area (Å²) >= 11 is 5.77. The first-order valence-corrected chi connectivity index (χ1v) is 5.99. The first-order valence-electron chi connectivity index (χ1n) is 5.62. The van der Waals surface area contributed by atoms with Crippen LogP contribution in [0.3, 0.4) is 0 Å². The van der Waals surface area contributed by atoms with E-state index in [1.54, 1.807) is 24.3 Å². The largest absolute Gasteiger partial charge is 0.481 e. The van der Waals surface area contributed by atoms with E-state index in [0.717, 1.165) is 5.56 Å². The zero-order valence-electron chi connectivity index (χ0n) is 10.3. The zero-order valence-corrected chi connectivity index (χ0v) is 11.1. The number of hydrogen-bond acceptors (Lipinski definition) is 3. The van der Waals surface area contributed by atoms with Crippen molar-refractivity contribution in [3.8, 4) is 0 Å². The molecule has 20 heavy (non-hydrogen) atoms. The van der Waals surface area contributed by atoms with E-state index in [9.17, 15) is 14.4 Å². The average Bonchev–Trinajstić information content (AvgIpc) is 2.35. The molecule has 0 heterocycles. The number of carbonyl (C=O) groups excluding carboxylic acids is 1. The first kappa shape index (κ1) is 15.8. The lowest BCUT2D eigenvalue weighted by molar-refractivity contribution is -0.145. The summed E-state index contributed by atoms with van der Waals surface area (Å²) in [6.07, 6.45) is -0.695. The van der Waals surface area contributed by atoms with E-state index >= 15 is 0 Å². The molecular weight excluding hydrogens is 288 g/mol. The number of carboxylic acids is 2. The Kier molecular flexibility index (Phi) is 5.79. The molecule has 1 aromatic rings. The van der Waals surface area contributed by atoms with Gasteiger partial charge in [0.05, 0.1) is 6.42 Å². The number of amides is 2. The summed E-state index contributed by atoms with van der Waals surface area (Å²) < 4.78 is 0. The number of carboxylic acid groups (broad SMARTS) is 2. The molecule has 0 aliphatic heterocycles. The van der Waals surface area contributed by atoms with Crippen molar-refractivity contribution in [1.29, 1.82) is 0 Å². The Labute approximate surface area is 119 Å². The van der Waals surface area contributed by atoms with Crippen LogP contribution in [0.2, 0.25) is 5.02 Å². The maximum Gasteiger partial charge on any atom is 0.326 e.